The SMILES string of the molecule is c1ccc2cc(-c3c4ccccc4c(-c4ccc5ccccc5c4)c4cc(-c5ccc6c(c5)c5c7ccccc7ccc5n6-c5nc6ccccc6c6nc7ccccc7n56)ccc34)ccc2c1. The minimum atomic E-state index is 0.814. The maximum absolute atomic E-state index is 5.48. The molecular formula is C64H38N4. The summed E-state index contributed by atoms with van der Waals surface area (Å²) in [6.07, 6.45) is 0. The van der Waals surface area contributed by atoms with Crippen LogP contribution in [0.15, 0.2) is 231 Å². The highest BCUT2D eigenvalue weighted by molar-refractivity contribution is 6.24. The lowest BCUT2D eigenvalue weighted by Gasteiger charge is -2.19. The van der Waals surface area contributed by atoms with E-state index in [0.29, 0.717) is 0 Å². The molecule has 0 fully saturated rings. The molecule has 0 unspecified atom stereocenters. The van der Waals surface area contributed by atoms with Crippen LogP contribution in [0.4, 0.5) is 0 Å². The fraction of sp³-hybridized carbons (Fsp3) is 0. The Morgan fingerprint density at radius 1 is 0.279 bits per heavy atom. The molecule has 15 rings (SSSR count). The van der Waals surface area contributed by atoms with E-state index in [9.17, 15) is 0 Å². The van der Waals surface area contributed by atoms with Crippen molar-refractivity contribution < 1.29 is 0 Å². The van der Waals surface area contributed by atoms with E-state index in [4.69, 9.17) is 9.97 Å². The Balaban J connectivity index is 1.03. The van der Waals surface area contributed by atoms with Crippen LogP contribution in [0, 0.1) is 0 Å². The standard InChI is InChI=1S/C64H38N4/c1-3-16-42-35-46(27-25-39(42)13-1)60-49-19-7-8-20-50(49)61(47-28-26-40-14-2-4-17-43(40)36-47)53-37-44(29-32-51(53)60)45-31-33-57-54(38-45)62-48-18-6-5-15-41(48)30-34-59(62)67(57)64-66-55-22-10-9-21-52(55)63-65-56-23-11-12-24-58(56)68(63)64/h1-38H. The van der Waals surface area contributed by atoms with E-state index in [1.54, 1.807) is 0 Å². The summed E-state index contributed by atoms with van der Waals surface area (Å²) < 4.78 is 4.60. The second-order valence-corrected chi connectivity index (χ2v) is 18.1. The van der Waals surface area contributed by atoms with Crippen LogP contribution in [-0.2, 0) is 0 Å². The summed E-state index contributed by atoms with van der Waals surface area (Å²) in [5, 5.41) is 15.7. The van der Waals surface area contributed by atoms with Crippen molar-refractivity contribution in [1.82, 2.24) is 18.9 Å². The third-order valence-electron chi connectivity index (χ3n) is 14.4. The van der Waals surface area contributed by atoms with Crippen LogP contribution in [0.2, 0.25) is 0 Å². The molecule has 4 heteroatoms. The fourth-order valence-corrected chi connectivity index (χ4v) is 11.3. The molecule has 12 aromatic carbocycles. The minimum absolute atomic E-state index is 0.814. The summed E-state index contributed by atoms with van der Waals surface area (Å²) in [4.78, 5) is 10.7. The van der Waals surface area contributed by atoms with Crippen molar-refractivity contribution in [2.75, 3.05) is 0 Å². The van der Waals surface area contributed by atoms with Crippen molar-refractivity contribution in [3.8, 4) is 39.3 Å². The van der Waals surface area contributed by atoms with Gasteiger partial charge >= 0.3 is 0 Å². The second kappa shape index (κ2) is 14.2. The van der Waals surface area contributed by atoms with Crippen molar-refractivity contribution in [3.05, 3.63) is 231 Å². The molecule has 0 bridgehead atoms. The summed E-state index contributed by atoms with van der Waals surface area (Å²) in [5.74, 6) is 0.814. The Bertz CT molecular complexity index is 4630. The van der Waals surface area contributed by atoms with Crippen LogP contribution >= 0.6 is 0 Å². The van der Waals surface area contributed by atoms with E-state index in [1.807, 2.05) is 0 Å². The Morgan fingerprint density at radius 3 is 1.50 bits per heavy atom. The maximum atomic E-state index is 5.48. The minimum Gasteiger partial charge on any atom is -0.279 e. The lowest BCUT2D eigenvalue weighted by Crippen LogP contribution is -2.06. The highest BCUT2D eigenvalue weighted by Crippen LogP contribution is 2.47. The molecule has 314 valence electrons. The van der Waals surface area contributed by atoms with Gasteiger partial charge in [0.1, 0.15) is 5.65 Å². The summed E-state index contributed by atoms with van der Waals surface area (Å²) >= 11 is 0. The van der Waals surface area contributed by atoms with Gasteiger partial charge in [0.2, 0.25) is 5.95 Å². The molecule has 0 amide bonds. The molecule has 0 aliphatic carbocycles. The van der Waals surface area contributed by atoms with Gasteiger partial charge in [-0.2, -0.15) is 0 Å². The van der Waals surface area contributed by atoms with Crippen molar-refractivity contribution >= 4 is 103 Å². The van der Waals surface area contributed by atoms with Crippen LogP contribution in [-0.4, -0.2) is 18.9 Å². The van der Waals surface area contributed by atoms with Gasteiger partial charge in [-0.25, -0.2) is 9.97 Å². The number of hydrogen-bond acceptors (Lipinski definition) is 2. The zero-order valence-corrected chi connectivity index (χ0v) is 36.7. The van der Waals surface area contributed by atoms with E-state index in [1.165, 1.54) is 86.9 Å². The van der Waals surface area contributed by atoms with E-state index in [0.717, 1.165) is 55.7 Å². The Kier molecular flexibility index (Phi) is 7.75. The molecule has 15 aromatic rings. The quantitative estimate of drug-likeness (QED) is 0.165. The van der Waals surface area contributed by atoms with Gasteiger partial charge in [-0.15, -0.1) is 0 Å². The molecule has 0 aliphatic heterocycles. The molecule has 0 N–H and O–H groups in total. The van der Waals surface area contributed by atoms with E-state index in [-0.39, 0.29) is 0 Å². The fourth-order valence-electron chi connectivity index (χ4n) is 11.3. The lowest BCUT2D eigenvalue weighted by atomic mass is 9.84. The van der Waals surface area contributed by atoms with Crippen LogP contribution in [0.1, 0.15) is 0 Å². The van der Waals surface area contributed by atoms with Gasteiger partial charge in [-0.1, -0.05) is 170 Å². The number of para-hydroxylation sites is 3. The van der Waals surface area contributed by atoms with Crippen molar-refractivity contribution in [2.45, 2.75) is 0 Å². The summed E-state index contributed by atoms with van der Waals surface area (Å²) in [6, 6.07) is 84.3. The first kappa shape index (κ1) is 37.1. The molecule has 4 nitrogen and oxygen atoms in total. The number of nitrogens with zero attached hydrogens (tertiary/aromatic N) is 4. The van der Waals surface area contributed by atoms with Gasteiger partial charge in [0.25, 0.3) is 0 Å². The normalized spacial score (nSPS) is 12.1. The van der Waals surface area contributed by atoms with Gasteiger partial charge in [0, 0.05) is 16.2 Å². The molecule has 68 heavy (non-hydrogen) atoms. The molecule has 0 saturated carbocycles. The second-order valence-electron chi connectivity index (χ2n) is 18.1. The van der Waals surface area contributed by atoms with E-state index < -0.39 is 0 Å². The smallest absolute Gasteiger partial charge is 0.221 e. The highest BCUT2D eigenvalue weighted by Gasteiger charge is 2.23. The van der Waals surface area contributed by atoms with Crippen molar-refractivity contribution in [3.63, 3.8) is 0 Å². The van der Waals surface area contributed by atoms with Crippen LogP contribution in [0.3, 0.4) is 0 Å². The predicted molar refractivity (Wildman–Crippen MR) is 286 cm³/mol. The summed E-state index contributed by atoms with van der Waals surface area (Å²) in [7, 11) is 0. The molecule has 0 radical (unpaired) electrons. The van der Waals surface area contributed by atoms with Gasteiger partial charge in [-0.05, 0) is 148 Å². The molecule has 0 atom stereocenters. The van der Waals surface area contributed by atoms with Crippen LogP contribution in [0.5, 0.6) is 0 Å². The van der Waals surface area contributed by atoms with Crippen molar-refractivity contribution in [1.29, 1.82) is 0 Å². The molecule has 3 aromatic heterocycles. The Labute approximate surface area is 390 Å². The zero-order valence-electron chi connectivity index (χ0n) is 36.7. The van der Waals surface area contributed by atoms with E-state index in [2.05, 4.69) is 239 Å². The third kappa shape index (κ3) is 5.37. The largest absolute Gasteiger partial charge is 0.279 e. The van der Waals surface area contributed by atoms with Gasteiger partial charge < -0.3 is 0 Å². The van der Waals surface area contributed by atoms with Gasteiger partial charge in [0.15, 0.2) is 0 Å². The third-order valence-corrected chi connectivity index (χ3v) is 14.4. The molecular weight excluding hydrogens is 825 g/mol. The average molecular weight is 863 g/mol. The van der Waals surface area contributed by atoms with Gasteiger partial charge in [0.05, 0.1) is 27.6 Å². The number of hydrogen-bond donors (Lipinski definition) is 0. The Hall–Kier alpha value is -9.12. The zero-order chi connectivity index (χ0) is 44.5. The van der Waals surface area contributed by atoms with Crippen molar-refractivity contribution in [2.24, 2.45) is 0 Å². The van der Waals surface area contributed by atoms with Crippen LogP contribution < -0.4 is 0 Å². The predicted octanol–water partition coefficient (Wildman–Crippen LogP) is 16.9. The highest BCUT2D eigenvalue weighted by atomic mass is 15.2. The lowest BCUT2D eigenvalue weighted by molar-refractivity contribution is 0.980. The number of rotatable bonds is 4. The molecule has 0 spiro atoms. The molecule has 0 saturated heterocycles. The first-order valence-corrected chi connectivity index (χ1v) is 23.3. The van der Waals surface area contributed by atoms with E-state index >= 15 is 0 Å². The molecule has 3 heterocycles. The van der Waals surface area contributed by atoms with Crippen LogP contribution in [0.25, 0.3) is 143 Å². The summed E-state index contributed by atoms with van der Waals surface area (Å²) in [5.41, 5.74) is 13.2. The Morgan fingerprint density at radius 2 is 0.779 bits per heavy atom. The number of benzene rings is 12. The maximum Gasteiger partial charge on any atom is 0.221 e. The number of aromatic nitrogens is 4. The number of fused-ring (bicyclic) bond motifs is 14. The topological polar surface area (TPSA) is 35.1 Å². The summed E-state index contributed by atoms with van der Waals surface area (Å²) in [6.45, 7) is 0. The monoisotopic (exact) mass is 862 g/mol. The average Bonchev–Trinajstić information content (AvgIpc) is 3.96. The van der Waals surface area contributed by atoms with Gasteiger partial charge in [-0.3, -0.25) is 8.97 Å². The first-order valence-electron chi connectivity index (χ1n) is 23.3. The molecule has 0 aliphatic rings. The number of imidazole rings is 1. The first-order chi connectivity index (χ1) is 33.7.